The van der Waals surface area contributed by atoms with Crippen LogP contribution in [0.3, 0.4) is 0 Å². The quantitative estimate of drug-likeness (QED) is 0.664. The highest BCUT2D eigenvalue weighted by Crippen LogP contribution is 2.34. The van der Waals surface area contributed by atoms with E-state index in [1.807, 2.05) is 17.8 Å². The number of rotatable bonds is 5. The van der Waals surface area contributed by atoms with Crippen molar-refractivity contribution in [3.05, 3.63) is 83.9 Å². The standard InChI is InChI=1S/C17H18S/c1-3-17(16-12-8-7-9-14(16)2)18-13-15-10-5-4-6-11-15/h3-12,17H,1,13H2,2H3/t17-/m0/s1. The molecule has 0 amide bonds. The van der Waals surface area contributed by atoms with E-state index < -0.39 is 0 Å². The largest absolute Gasteiger partial charge is 0.145 e. The van der Waals surface area contributed by atoms with Gasteiger partial charge in [-0.3, -0.25) is 0 Å². The normalized spacial score (nSPS) is 12.1. The van der Waals surface area contributed by atoms with Gasteiger partial charge in [-0.05, 0) is 23.6 Å². The van der Waals surface area contributed by atoms with Crippen LogP contribution < -0.4 is 0 Å². The molecule has 18 heavy (non-hydrogen) atoms. The molecule has 0 unspecified atom stereocenters. The van der Waals surface area contributed by atoms with Gasteiger partial charge in [-0.15, -0.1) is 18.3 Å². The number of hydrogen-bond acceptors (Lipinski definition) is 1. The lowest BCUT2D eigenvalue weighted by Gasteiger charge is -2.15. The van der Waals surface area contributed by atoms with Gasteiger partial charge < -0.3 is 0 Å². The first-order valence-electron chi connectivity index (χ1n) is 6.15. The van der Waals surface area contributed by atoms with E-state index in [4.69, 9.17) is 0 Å². The van der Waals surface area contributed by atoms with Crippen molar-refractivity contribution in [2.75, 3.05) is 0 Å². The van der Waals surface area contributed by atoms with E-state index in [1.54, 1.807) is 0 Å². The third-order valence-electron chi connectivity index (χ3n) is 2.98. The summed E-state index contributed by atoms with van der Waals surface area (Å²) >= 11 is 1.92. The Balaban J connectivity index is 2.07. The fourth-order valence-corrected chi connectivity index (χ4v) is 3.10. The lowest BCUT2D eigenvalue weighted by molar-refractivity contribution is 1.18. The minimum Gasteiger partial charge on any atom is -0.145 e. The monoisotopic (exact) mass is 254 g/mol. The molecule has 0 aromatic heterocycles. The molecule has 2 aromatic rings. The summed E-state index contributed by atoms with van der Waals surface area (Å²) < 4.78 is 0. The fraction of sp³-hybridized carbons (Fsp3) is 0.176. The van der Waals surface area contributed by atoms with E-state index in [0.29, 0.717) is 5.25 Å². The lowest BCUT2D eigenvalue weighted by Crippen LogP contribution is -1.94. The van der Waals surface area contributed by atoms with Crippen LogP contribution in [0.2, 0.25) is 0 Å². The molecule has 2 aromatic carbocycles. The average molecular weight is 254 g/mol. The molecule has 0 heterocycles. The first kappa shape index (κ1) is 13.0. The Hall–Kier alpha value is -1.47. The van der Waals surface area contributed by atoms with Gasteiger partial charge in [-0.2, -0.15) is 0 Å². The molecule has 0 nitrogen and oxygen atoms in total. The van der Waals surface area contributed by atoms with Gasteiger partial charge in [0.2, 0.25) is 0 Å². The van der Waals surface area contributed by atoms with Gasteiger partial charge in [-0.1, -0.05) is 60.7 Å². The highest BCUT2D eigenvalue weighted by molar-refractivity contribution is 7.98. The molecule has 0 aliphatic rings. The topological polar surface area (TPSA) is 0 Å². The van der Waals surface area contributed by atoms with Crippen LogP contribution in [0.25, 0.3) is 0 Å². The van der Waals surface area contributed by atoms with Crippen molar-refractivity contribution < 1.29 is 0 Å². The zero-order valence-electron chi connectivity index (χ0n) is 10.7. The van der Waals surface area contributed by atoms with Crippen LogP contribution in [0.1, 0.15) is 21.9 Å². The second kappa shape index (κ2) is 6.46. The van der Waals surface area contributed by atoms with Crippen LogP contribution in [-0.4, -0.2) is 0 Å². The predicted octanol–water partition coefficient (Wildman–Crippen LogP) is 5.16. The van der Waals surface area contributed by atoms with Gasteiger partial charge in [0.1, 0.15) is 0 Å². The van der Waals surface area contributed by atoms with E-state index >= 15 is 0 Å². The predicted molar refractivity (Wildman–Crippen MR) is 81.9 cm³/mol. The fourth-order valence-electron chi connectivity index (χ4n) is 1.95. The van der Waals surface area contributed by atoms with E-state index in [0.717, 1.165) is 5.75 Å². The van der Waals surface area contributed by atoms with E-state index in [-0.39, 0.29) is 0 Å². The minimum absolute atomic E-state index is 0.367. The molecule has 0 N–H and O–H groups in total. The van der Waals surface area contributed by atoms with Crippen molar-refractivity contribution in [2.24, 2.45) is 0 Å². The highest BCUT2D eigenvalue weighted by atomic mass is 32.2. The molecular formula is C17H18S. The molecule has 0 saturated heterocycles. The maximum Gasteiger partial charge on any atom is 0.0480 e. The maximum atomic E-state index is 3.97. The third kappa shape index (κ3) is 3.27. The number of thioether (sulfide) groups is 1. The highest BCUT2D eigenvalue weighted by Gasteiger charge is 2.10. The Kier molecular flexibility index (Phi) is 4.66. The number of hydrogen-bond donors (Lipinski definition) is 0. The van der Waals surface area contributed by atoms with Crippen molar-refractivity contribution in [1.82, 2.24) is 0 Å². The van der Waals surface area contributed by atoms with E-state index in [9.17, 15) is 0 Å². The van der Waals surface area contributed by atoms with Crippen molar-refractivity contribution in [3.8, 4) is 0 Å². The first-order valence-corrected chi connectivity index (χ1v) is 7.19. The summed E-state index contributed by atoms with van der Waals surface area (Å²) in [5, 5.41) is 0.367. The van der Waals surface area contributed by atoms with Crippen LogP contribution in [0.15, 0.2) is 67.3 Å². The molecule has 0 bridgehead atoms. The number of benzene rings is 2. The van der Waals surface area contributed by atoms with E-state index in [1.165, 1.54) is 16.7 Å². The molecular weight excluding hydrogens is 236 g/mol. The number of aryl methyl sites for hydroxylation is 1. The molecule has 0 aliphatic carbocycles. The Labute approximate surface area is 114 Å². The summed E-state index contributed by atoms with van der Waals surface area (Å²) in [6.45, 7) is 6.13. The summed E-state index contributed by atoms with van der Waals surface area (Å²) in [5.41, 5.74) is 4.07. The summed E-state index contributed by atoms with van der Waals surface area (Å²) in [7, 11) is 0. The van der Waals surface area contributed by atoms with Crippen molar-refractivity contribution in [3.63, 3.8) is 0 Å². The van der Waals surface area contributed by atoms with Crippen LogP contribution in [-0.2, 0) is 5.75 Å². The summed E-state index contributed by atoms with van der Waals surface area (Å²) in [5.74, 6) is 1.02. The second-order valence-corrected chi connectivity index (χ2v) is 5.44. The first-order chi connectivity index (χ1) is 8.81. The SMILES string of the molecule is C=C[C@H](SCc1ccccc1)c1ccccc1C. The van der Waals surface area contributed by atoms with Crippen LogP contribution in [0, 0.1) is 6.92 Å². The van der Waals surface area contributed by atoms with Crippen LogP contribution >= 0.6 is 11.8 Å². The van der Waals surface area contributed by atoms with Gasteiger partial charge >= 0.3 is 0 Å². The maximum absolute atomic E-state index is 3.97. The van der Waals surface area contributed by atoms with Crippen molar-refractivity contribution >= 4 is 11.8 Å². The minimum atomic E-state index is 0.367. The average Bonchev–Trinajstić information content (AvgIpc) is 2.42. The Morgan fingerprint density at radius 3 is 2.39 bits per heavy atom. The molecule has 0 radical (unpaired) electrons. The van der Waals surface area contributed by atoms with Crippen LogP contribution in [0.4, 0.5) is 0 Å². The summed E-state index contributed by atoms with van der Waals surface area (Å²) in [4.78, 5) is 0. The van der Waals surface area contributed by atoms with E-state index in [2.05, 4.69) is 68.1 Å². The van der Waals surface area contributed by atoms with Gasteiger partial charge in [0, 0.05) is 11.0 Å². The molecule has 0 fully saturated rings. The summed E-state index contributed by atoms with van der Waals surface area (Å²) in [6.07, 6.45) is 2.04. The molecule has 2 rings (SSSR count). The molecule has 0 saturated carbocycles. The van der Waals surface area contributed by atoms with Crippen LogP contribution in [0.5, 0.6) is 0 Å². The second-order valence-electron chi connectivity index (χ2n) is 4.31. The third-order valence-corrected chi connectivity index (χ3v) is 4.29. The molecule has 0 aliphatic heterocycles. The zero-order valence-corrected chi connectivity index (χ0v) is 11.5. The molecule has 1 heteroatoms. The van der Waals surface area contributed by atoms with Gasteiger partial charge in [0.05, 0.1) is 0 Å². The molecule has 92 valence electrons. The smallest absolute Gasteiger partial charge is 0.0480 e. The molecule has 0 spiro atoms. The van der Waals surface area contributed by atoms with Gasteiger partial charge in [0.15, 0.2) is 0 Å². The zero-order chi connectivity index (χ0) is 12.8. The van der Waals surface area contributed by atoms with Gasteiger partial charge in [-0.25, -0.2) is 0 Å². The lowest BCUT2D eigenvalue weighted by atomic mass is 10.1. The Morgan fingerprint density at radius 1 is 1.06 bits per heavy atom. The molecule has 1 atom stereocenters. The Bertz CT molecular complexity index is 502. The Morgan fingerprint density at radius 2 is 1.72 bits per heavy atom. The van der Waals surface area contributed by atoms with Crippen molar-refractivity contribution in [2.45, 2.75) is 17.9 Å². The summed E-state index contributed by atoms with van der Waals surface area (Å²) in [6, 6.07) is 19.1. The van der Waals surface area contributed by atoms with Crippen molar-refractivity contribution in [1.29, 1.82) is 0 Å². The van der Waals surface area contributed by atoms with Gasteiger partial charge in [0.25, 0.3) is 0 Å².